The van der Waals surface area contributed by atoms with E-state index in [4.69, 9.17) is 5.73 Å². The number of thiazole rings is 1. The number of benzene rings is 2. The lowest BCUT2D eigenvalue weighted by molar-refractivity contribution is 0.100. The summed E-state index contributed by atoms with van der Waals surface area (Å²) in [4.78, 5) is 15.7. The summed E-state index contributed by atoms with van der Waals surface area (Å²) in [7, 11) is 0. The molecule has 0 unspecified atom stereocenters. The fourth-order valence-corrected chi connectivity index (χ4v) is 2.98. The molecule has 5 heteroatoms. The van der Waals surface area contributed by atoms with Gasteiger partial charge in [0, 0.05) is 11.3 Å². The van der Waals surface area contributed by atoms with Crippen molar-refractivity contribution in [1.29, 1.82) is 0 Å². The summed E-state index contributed by atoms with van der Waals surface area (Å²) in [5.41, 5.74) is 8.72. The molecule has 100 valence electrons. The van der Waals surface area contributed by atoms with Crippen LogP contribution in [-0.4, -0.2) is 10.9 Å². The summed E-state index contributed by atoms with van der Waals surface area (Å²) >= 11 is 1.58. The number of aromatic nitrogens is 1. The third-order valence-electron chi connectivity index (χ3n) is 3.02. The number of carbonyl (C=O) groups excluding carboxylic acids is 1. The largest absolute Gasteiger partial charge is 0.366 e. The van der Waals surface area contributed by atoms with Crippen molar-refractivity contribution < 1.29 is 4.79 Å². The Labute approximate surface area is 120 Å². The molecule has 0 spiro atoms. The molecular weight excluding hydrogens is 270 g/mol. The molecule has 0 saturated heterocycles. The van der Waals surface area contributed by atoms with Crippen molar-refractivity contribution in [2.24, 2.45) is 5.73 Å². The molecule has 0 bridgehead atoms. The number of para-hydroxylation sites is 1. The van der Waals surface area contributed by atoms with Crippen LogP contribution in [0.25, 0.3) is 10.2 Å². The minimum Gasteiger partial charge on any atom is -0.366 e. The first-order valence-corrected chi connectivity index (χ1v) is 6.98. The number of hydrogen-bond acceptors (Lipinski definition) is 4. The predicted octanol–water partition coefficient (Wildman–Crippen LogP) is 3.45. The summed E-state index contributed by atoms with van der Waals surface area (Å²) in [6.45, 7) is 2.04. The number of nitrogens with one attached hydrogen (secondary N) is 1. The summed E-state index contributed by atoms with van der Waals surface area (Å²) in [5.74, 6) is -0.436. The van der Waals surface area contributed by atoms with Gasteiger partial charge < -0.3 is 11.1 Å². The van der Waals surface area contributed by atoms with Crippen LogP contribution in [0, 0.1) is 6.92 Å². The fraction of sp³-hybridized carbons (Fsp3) is 0.0667. The van der Waals surface area contributed by atoms with Crippen molar-refractivity contribution >= 4 is 38.3 Å². The lowest BCUT2D eigenvalue weighted by atomic mass is 10.2. The van der Waals surface area contributed by atoms with E-state index in [1.54, 1.807) is 29.5 Å². The molecular formula is C15H13N3OS. The van der Waals surface area contributed by atoms with Gasteiger partial charge in [-0.25, -0.2) is 4.98 Å². The van der Waals surface area contributed by atoms with Gasteiger partial charge in [0.15, 0.2) is 5.13 Å². The Morgan fingerprint density at radius 2 is 2.05 bits per heavy atom. The first kappa shape index (κ1) is 12.6. The van der Waals surface area contributed by atoms with E-state index in [2.05, 4.69) is 10.3 Å². The van der Waals surface area contributed by atoms with E-state index in [0.29, 0.717) is 5.56 Å². The van der Waals surface area contributed by atoms with Crippen molar-refractivity contribution in [3.05, 3.63) is 53.6 Å². The van der Waals surface area contributed by atoms with Gasteiger partial charge in [-0.15, -0.1) is 0 Å². The minimum absolute atomic E-state index is 0.436. The van der Waals surface area contributed by atoms with Crippen LogP contribution in [0.15, 0.2) is 42.5 Å². The maximum Gasteiger partial charge on any atom is 0.248 e. The van der Waals surface area contributed by atoms with Crippen LogP contribution in [0.3, 0.4) is 0 Å². The zero-order valence-electron chi connectivity index (χ0n) is 10.9. The second kappa shape index (κ2) is 4.94. The molecule has 0 saturated carbocycles. The van der Waals surface area contributed by atoms with Gasteiger partial charge in [0.2, 0.25) is 5.91 Å². The fourth-order valence-electron chi connectivity index (χ4n) is 2.01. The highest BCUT2D eigenvalue weighted by atomic mass is 32.1. The molecule has 0 aliphatic carbocycles. The van der Waals surface area contributed by atoms with E-state index in [0.717, 1.165) is 26.6 Å². The normalized spacial score (nSPS) is 10.7. The molecule has 2 aromatic carbocycles. The Balaban J connectivity index is 1.95. The zero-order chi connectivity index (χ0) is 14.1. The molecule has 20 heavy (non-hydrogen) atoms. The number of nitrogens with zero attached hydrogens (tertiary/aromatic N) is 1. The van der Waals surface area contributed by atoms with Crippen LogP contribution in [0.1, 0.15) is 15.9 Å². The summed E-state index contributed by atoms with van der Waals surface area (Å²) < 4.78 is 1.14. The topological polar surface area (TPSA) is 68.0 Å². The van der Waals surface area contributed by atoms with Crippen LogP contribution < -0.4 is 11.1 Å². The predicted molar refractivity (Wildman–Crippen MR) is 82.6 cm³/mol. The van der Waals surface area contributed by atoms with Gasteiger partial charge in [-0.1, -0.05) is 29.5 Å². The maximum absolute atomic E-state index is 11.2. The average Bonchev–Trinajstić information content (AvgIpc) is 2.83. The number of fused-ring (bicyclic) bond motifs is 1. The summed E-state index contributed by atoms with van der Waals surface area (Å²) in [6.07, 6.45) is 0. The molecule has 1 aromatic heterocycles. The summed E-state index contributed by atoms with van der Waals surface area (Å²) in [6, 6.07) is 13.2. The van der Waals surface area contributed by atoms with Crippen LogP contribution in [0.5, 0.6) is 0 Å². The van der Waals surface area contributed by atoms with Crippen LogP contribution in [0.4, 0.5) is 10.8 Å². The Bertz CT molecular complexity index is 795. The minimum atomic E-state index is -0.436. The van der Waals surface area contributed by atoms with Gasteiger partial charge in [0.1, 0.15) is 0 Å². The lowest BCUT2D eigenvalue weighted by Crippen LogP contribution is -2.10. The molecule has 0 aliphatic heterocycles. The maximum atomic E-state index is 11.2. The van der Waals surface area contributed by atoms with Gasteiger partial charge in [-0.05, 0) is 36.8 Å². The molecule has 0 atom stereocenters. The molecule has 3 aromatic rings. The highest BCUT2D eigenvalue weighted by molar-refractivity contribution is 7.22. The van der Waals surface area contributed by atoms with Gasteiger partial charge in [-0.3, -0.25) is 4.79 Å². The number of rotatable bonds is 3. The van der Waals surface area contributed by atoms with E-state index in [-0.39, 0.29) is 0 Å². The van der Waals surface area contributed by atoms with E-state index >= 15 is 0 Å². The molecule has 1 amide bonds. The molecule has 4 nitrogen and oxygen atoms in total. The van der Waals surface area contributed by atoms with E-state index in [1.807, 2.05) is 31.2 Å². The number of nitrogens with two attached hydrogens (primary N) is 1. The molecule has 3 rings (SSSR count). The van der Waals surface area contributed by atoms with E-state index in [9.17, 15) is 4.79 Å². The monoisotopic (exact) mass is 283 g/mol. The van der Waals surface area contributed by atoms with Crippen LogP contribution in [0.2, 0.25) is 0 Å². The average molecular weight is 283 g/mol. The second-order valence-corrected chi connectivity index (χ2v) is 5.54. The van der Waals surface area contributed by atoms with E-state index < -0.39 is 5.91 Å². The Morgan fingerprint density at radius 3 is 2.80 bits per heavy atom. The Hall–Kier alpha value is -2.40. The number of carbonyl (C=O) groups is 1. The van der Waals surface area contributed by atoms with Crippen molar-refractivity contribution in [1.82, 2.24) is 4.98 Å². The third-order valence-corrected chi connectivity index (χ3v) is 3.96. The quantitative estimate of drug-likeness (QED) is 0.773. The SMILES string of the molecule is Cc1cccc2sc(Nc3cccc(C(N)=O)c3)nc12. The van der Waals surface area contributed by atoms with Crippen LogP contribution >= 0.6 is 11.3 Å². The smallest absolute Gasteiger partial charge is 0.248 e. The highest BCUT2D eigenvalue weighted by Gasteiger charge is 2.07. The van der Waals surface area contributed by atoms with Gasteiger partial charge >= 0.3 is 0 Å². The summed E-state index contributed by atoms with van der Waals surface area (Å²) in [5, 5.41) is 4.02. The third kappa shape index (κ3) is 2.35. The standard InChI is InChI=1S/C15H13N3OS/c1-9-4-2-7-12-13(9)18-15(20-12)17-11-6-3-5-10(8-11)14(16)19/h2-8H,1H3,(H2,16,19)(H,17,18). The number of primary amides is 1. The Kier molecular flexibility index (Phi) is 3.12. The molecule has 0 radical (unpaired) electrons. The van der Waals surface area contributed by atoms with E-state index in [1.165, 1.54) is 0 Å². The molecule has 1 heterocycles. The molecule has 3 N–H and O–H groups in total. The number of hydrogen-bond donors (Lipinski definition) is 2. The van der Waals surface area contributed by atoms with Gasteiger partial charge in [0.05, 0.1) is 10.2 Å². The first-order valence-electron chi connectivity index (χ1n) is 6.16. The Morgan fingerprint density at radius 1 is 1.25 bits per heavy atom. The highest BCUT2D eigenvalue weighted by Crippen LogP contribution is 2.30. The van der Waals surface area contributed by atoms with Gasteiger partial charge in [-0.2, -0.15) is 0 Å². The first-order chi connectivity index (χ1) is 9.63. The molecule has 0 fully saturated rings. The zero-order valence-corrected chi connectivity index (χ0v) is 11.7. The van der Waals surface area contributed by atoms with Crippen molar-refractivity contribution in [2.45, 2.75) is 6.92 Å². The van der Waals surface area contributed by atoms with Gasteiger partial charge in [0.25, 0.3) is 0 Å². The molecule has 0 aliphatic rings. The van der Waals surface area contributed by atoms with Crippen LogP contribution in [-0.2, 0) is 0 Å². The number of anilines is 2. The van der Waals surface area contributed by atoms with Crippen molar-refractivity contribution in [3.8, 4) is 0 Å². The van der Waals surface area contributed by atoms with Crippen molar-refractivity contribution in [2.75, 3.05) is 5.32 Å². The lowest BCUT2D eigenvalue weighted by Gasteiger charge is -2.03. The van der Waals surface area contributed by atoms with Crippen molar-refractivity contribution in [3.63, 3.8) is 0 Å². The second-order valence-electron chi connectivity index (χ2n) is 4.51. The number of amides is 1. The number of aryl methyl sites for hydroxylation is 1.